The summed E-state index contributed by atoms with van der Waals surface area (Å²) in [7, 11) is 0. The van der Waals surface area contributed by atoms with Crippen LogP contribution in [-0.2, 0) is 9.53 Å². The molecule has 2 aromatic carbocycles. The summed E-state index contributed by atoms with van der Waals surface area (Å²) in [5.41, 5.74) is -0.615. The Morgan fingerprint density at radius 1 is 0.889 bits per heavy atom. The number of ether oxygens (including phenoxy) is 2. The number of ketones is 1. The van der Waals surface area contributed by atoms with Gasteiger partial charge in [-0.2, -0.15) is 0 Å². The van der Waals surface area contributed by atoms with Gasteiger partial charge in [-0.1, -0.05) is 24.3 Å². The van der Waals surface area contributed by atoms with Crippen molar-refractivity contribution in [2.75, 3.05) is 0 Å². The van der Waals surface area contributed by atoms with E-state index >= 15 is 0 Å². The number of hydrogen-bond donors (Lipinski definition) is 0. The van der Waals surface area contributed by atoms with Gasteiger partial charge in [0.2, 0.25) is 0 Å². The van der Waals surface area contributed by atoms with E-state index in [1.165, 1.54) is 24.3 Å². The second-order valence-corrected chi connectivity index (χ2v) is 6.84. The van der Waals surface area contributed by atoms with Crippen LogP contribution in [0.5, 0.6) is 5.75 Å². The summed E-state index contributed by atoms with van der Waals surface area (Å²) in [6.45, 7) is 6.70. The SMILES string of the molecule is CC(C)OC(=O)C(C)(C)Oc1ccc(C(=O)c2ccc(C(F)[18F])cc2)cc1. The van der Waals surface area contributed by atoms with Crippen LogP contribution in [0.2, 0.25) is 0 Å². The van der Waals surface area contributed by atoms with Crippen molar-refractivity contribution < 1.29 is 27.8 Å². The molecule has 4 nitrogen and oxygen atoms in total. The number of alkyl halides is 2. The van der Waals surface area contributed by atoms with Gasteiger partial charge >= 0.3 is 5.97 Å². The Hall–Kier alpha value is -2.76. The molecule has 0 aliphatic heterocycles. The summed E-state index contributed by atoms with van der Waals surface area (Å²) in [5, 5.41) is 0. The average molecular weight is 375 g/mol. The van der Waals surface area contributed by atoms with E-state index in [0.29, 0.717) is 16.9 Å². The van der Waals surface area contributed by atoms with Crippen molar-refractivity contribution in [2.24, 2.45) is 0 Å². The fourth-order valence-corrected chi connectivity index (χ4v) is 2.31. The quantitative estimate of drug-likeness (QED) is 0.507. The molecule has 6 heteroatoms. The molecule has 2 rings (SSSR count). The number of esters is 1. The lowest BCUT2D eigenvalue weighted by Crippen LogP contribution is -2.40. The zero-order chi connectivity index (χ0) is 20.2. The highest BCUT2D eigenvalue weighted by Crippen LogP contribution is 2.23. The lowest BCUT2D eigenvalue weighted by molar-refractivity contribution is -0.163. The van der Waals surface area contributed by atoms with Crippen molar-refractivity contribution in [2.45, 2.75) is 45.8 Å². The van der Waals surface area contributed by atoms with Crippen LogP contribution in [0.25, 0.3) is 0 Å². The first-order valence-corrected chi connectivity index (χ1v) is 8.53. The minimum Gasteiger partial charge on any atom is -0.476 e. The number of carbonyl (C=O) groups excluding carboxylic acids is 2. The van der Waals surface area contributed by atoms with E-state index in [4.69, 9.17) is 9.47 Å². The fourth-order valence-electron chi connectivity index (χ4n) is 2.31. The van der Waals surface area contributed by atoms with Gasteiger partial charge in [0.25, 0.3) is 6.43 Å². The molecule has 0 aliphatic carbocycles. The van der Waals surface area contributed by atoms with E-state index in [9.17, 15) is 18.4 Å². The van der Waals surface area contributed by atoms with Crippen molar-refractivity contribution in [3.05, 3.63) is 65.2 Å². The van der Waals surface area contributed by atoms with E-state index in [2.05, 4.69) is 0 Å². The maximum absolute atomic E-state index is 12.6. The van der Waals surface area contributed by atoms with Crippen LogP contribution in [0, 0.1) is 0 Å². The molecule has 144 valence electrons. The smallest absolute Gasteiger partial charge is 0.350 e. The first kappa shape index (κ1) is 20.6. The lowest BCUT2D eigenvalue weighted by Gasteiger charge is -2.25. The molecule has 1 atom stereocenters. The third-order valence-corrected chi connectivity index (χ3v) is 3.75. The van der Waals surface area contributed by atoms with Crippen molar-refractivity contribution >= 4 is 11.8 Å². The van der Waals surface area contributed by atoms with Crippen molar-refractivity contribution in [3.8, 4) is 5.75 Å². The number of hydrogen-bond acceptors (Lipinski definition) is 4. The molecule has 0 amide bonds. The third kappa shape index (κ3) is 5.36. The second-order valence-electron chi connectivity index (χ2n) is 6.84. The number of benzene rings is 2. The summed E-state index contributed by atoms with van der Waals surface area (Å²) in [6, 6.07) is 11.5. The summed E-state index contributed by atoms with van der Waals surface area (Å²) in [4.78, 5) is 24.5. The Bertz CT molecular complexity index is 794. The first-order chi connectivity index (χ1) is 12.6. The van der Waals surface area contributed by atoms with Gasteiger partial charge in [0.05, 0.1) is 6.10 Å². The summed E-state index contributed by atoms with van der Waals surface area (Å²) in [6.07, 6.45) is -2.83. The Balaban J connectivity index is 2.10. The van der Waals surface area contributed by atoms with Gasteiger partial charge in [-0.3, -0.25) is 4.79 Å². The molecule has 0 fully saturated rings. The Kier molecular flexibility index (Phi) is 6.31. The van der Waals surface area contributed by atoms with Gasteiger partial charge in [0.1, 0.15) is 5.75 Å². The normalized spacial score (nSPS) is 12.6. The van der Waals surface area contributed by atoms with Crippen molar-refractivity contribution in [3.63, 3.8) is 0 Å². The molecule has 0 bridgehead atoms. The van der Waals surface area contributed by atoms with Crippen LogP contribution < -0.4 is 4.74 Å². The summed E-state index contributed by atoms with van der Waals surface area (Å²) < 4.78 is 36.0. The van der Waals surface area contributed by atoms with Gasteiger partial charge in [-0.05, 0) is 52.0 Å². The van der Waals surface area contributed by atoms with Crippen LogP contribution in [-0.4, -0.2) is 23.5 Å². The minimum atomic E-state index is -2.57. The Morgan fingerprint density at radius 3 is 1.81 bits per heavy atom. The van der Waals surface area contributed by atoms with E-state index in [1.54, 1.807) is 52.0 Å². The summed E-state index contributed by atoms with van der Waals surface area (Å²) in [5.74, 6) is -0.372. The van der Waals surface area contributed by atoms with E-state index in [1.807, 2.05) is 0 Å². The van der Waals surface area contributed by atoms with Crippen LogP contribution in [0.3, 0.4) is 0 Å². The molecule has 0 saturated heterocycles. The molecule has 0 heterocycles. The molecule has 0 spiro atoms. The highest BCUT2D eigenvalue weighted by atomic mass is 19.2. The molecule has 0 N–H and O–H groups in total. The molecular formula is C21H22F2O4. The molecule has 0 aliphatic rings. The van der Waals surface area contributed by atoms with Crippen LogP contribution in [0.1, 0.15) is 55.6 Å². The maximum Gasteiger partial charge on any atom is 0.350 e. The minimum absolute atomic E-state index is 0.134. The molecule has 2 aromatic rings. The predicted molar refractivity (Wildman–Crippen MR) is 97.2 cm³/mol. The van der Waals surface area contributed by atoms with Crippen molar-refractivity contribution in [1.29, 1.82) is 0 Å². The molecule has 0 radical (unpaired) electrons. The van der Waals surface area contributed by atoms with Gasteiger partial charge in [0, 0.05) is 16.7 Å². The van der Waals surface area contributed by atoms with Gasteiger partial charge in [-0.15, -0.1) is 0 Å². The van der Waals surface area contributed by atoms with Crippen LogP contribution >= 0.6 is 0 Å². The third-order valence-electron chi connectivity index (χ3n) is 3.75. The number of halogens is 2. The predicted octanol–water partition coefficient (Wildman–Crippen LogP) is 4.96. The zero-order valence-corrected chi connectivity index (χ0v) is 15.7. The molecular weight excluding hydrogens is 353 g/mol. The average Bonchev–Trinajstić information content (AvgIpc) is 2.61. The number of rotatable bonds is 7. The van der Waals surface area contributed by atoms with E-state index in [-0.39, 0.29) is 17.5 Å². The molecule has 0 aromatic heterocycles. The zero-order valence-electron chi connectivity index (χ0n) is 15.7. The fraction of sp³-hybridized carbons (Fsp3) is 0.333. The highest BCUT2D eigenvalue weighted by Gasteiger charge is 2.32. The van der Waals surface area contributed by atoms with Gasteiger partial charge in [0.15, 0.2) is 11.4 Å². The standard InChI is InChI=1S/C21H22F2O4/c1-13(2)26-20(25)21(3,4)27-17-11-9-15(10-12-17)18(24)14-5-7-16(8-6-14)19(22)23/h5-13,19H,1-4H3/i22-1. The maximum atomic E-state index is 12.6. The molecule has 1 unspecified atom stereocenters. The van der Waals surface area contributed by atoms with Gasteiger partial charge in [-0.25, -0.2) is 13.6 Å². The lowest BCUT2D eigenvalue weighted by atomic mass is 10.0. The van der Waals surface area contributed by atoms with Crippen molar-refractivity contribution in [1.82, 2.24) is 0 Å². The Labute approximate surface area is 157 Å². The highest BCUT2D eigenvalue weighted by molar-refractivity contribution is 6.09. The topological polar surface area (TPSA) is 52.6 Å². The largest absolute Gasteiger partial charge is 0.476 e. The first-order valence-electron chi connectivity index (χ1n) is 8.53. The van der Waals surface area contributed by atoms with Crippen LogP contribution in [0.15, 0.2) is 48.5 Å². The molecule has 0 saturated carbocycles. The van der Waals surface area contributed by atoms with E-state index < -0.39 is 18.0 Å². The molecule has 27 heavy (non-hydrogen) atoms. The Morgan fingerprint density at radius 2 is 1.37 bits per heavy atom. The number of carbonyl (C=O) groups is 2. The monoisotopic (exact) mass is 375 g/mol. The van der Waals surface area contributed by atoms with Crippen LogP contribution in [0.4, 0.5) is 8.78 Å². The summed E-state index contributed by atoms with van der Waals surface area (Å²) >= 11 is 0. The van der Waals surface area contributed by atoms with E-state index in [0.717, 1.165) is 0 Å². The second kappa shape index (κ2) is 8.29. The van der Waals surface area contributed by atoms with Gasteiger partial charge < -0.3 is 9.47 Å².